The second-order valence-corrected chi connectivity index (χ2v) is 2.67. The number of aromatic nitrogens is 1. The third-order valence-electron chi connectivity index (χ3n) is 1.18. The maximum absolute atomic E-state index is 5.83. The van der Waals surface area contributed by atoms with Crippen molar-refractivity contribution in [3.05, 3.63) is 35.1 Å². The van der Waals surface area contributed by atoms with Crippen molar-refractivity contribution in [1.29, 1.82) is 0 Å². The van der Waals surface area contributed by atoms with Gasteiger partial charge in [-0.3, -0.25) is 4.98 Å². The van der Waals surface area contributed by atoms with Crippen LogP contribution in [0.3, 0.4) is 0 Å². The highest BCUT2D eigenvalue weighted by atomic mass is 35.5. The van der Waals surface area contributed by atoms with Gasteiger partial charge in [-0.2, -0.15) is 0 Å². The molecule has 0 radical (unpaired) electrons. The lowest BCUT2D eigenvalue weighted by Gasteiger charge is -1.93. The predicted octanol–water partition coefficient (Wildman–Crippen LogP) is 2.99. The summed E-state index contributed by atoms with van der Waals surface area (Å²) in [5.41, 5.74) is 0.898. The highest BCUT2D eigenvalue weighted by molar-refractivity contribution is 6.32. The van der Waals surface area contributed by atoms with E-state index in [1.54, 1.807) is 18.5 Å². The summed E-state index contributed by atoms with van der Waals surface area (Å²) in [6, 6.07) is 1.75. The highest BCUT2D eigenvalue weighted by Crippen LogP contribution is 2.14. The van der Waals surface area contributed by atoms with Crippen molar-refractivity contribution in [1.82, 2.24) is 4.98 Å². The van der Waals surface area contributed by atoms with Crippen LogP contribution in [0.4, 0.5) is 0 Å². The van der Waals surface area contributed by atoms with E-state index in [1.165, 1.54) is 0 Å². The van der Waals surface area contributed by atoms with E-state index in [-0.39, 0.29) is 0 Å². The molecule has 0 N–H and O–H groups in total. The number of pyridine rings is 1. The van der Waals surface area contributed by atoms with Crippen LogP contribution in [-0.2, 0) is 0 Å². The summed E-state index contributed by atoms with van der Waals surface area (Å²) in [7, 11) is 0. The molecular formula is C8H7Cl2N. The molecule has 1 heterocycles. The summed E-state index contributed by atoms with van der Waals surface area (Å²) in [5, 5.41) is 0.696. The zero-order chi connectivity index (χ0) is 8.10. The van der Waals surface area contributed by atoms with Crippen molar-refractivity contribution in [2.75, 3.05) is 5.88 Å². The molecular weight excluding hydrogens is 181 g/mol. The van der Waals surface area contributed by atoms with Crippen molar-refractivity contribution in [2.24, 2.45) is 0 Å². The Morgan fingerprint density at radius 3 is 3.00 bits per heavy atom. The molecule has 1 aromatic rings. The van der Waals surface area contributed by atoms with Gasteiger partial charge in [-0.15, -0.1) is 11.6 Å². The monoisotopic (exact) mass is 187 g/mol. The number of rotatable bonds is 2. The van der Waals surface area contributed by atoms with Crippen molar-refractivity contribution < 1.29 is 0 Å². The Kier molecular flexibility index (Phi) is 3.40. The van der Waals surface area contributed by atoms with Crippen LogP contribution in [0.5, 0.6) is 0 Å². The minimum atomic E-state index is 0.491. The van der Waals surface area contributed by atoms with Crippen LogP contribution >= 0.6 is 23.2 Å². The first-order valence-corrected chi connectivity index (χ1v) is 4.08. The Balaban J connectivity index is 2.86. The third-order valence-corrected chi connectivity index (χ3v) is 1.71. The van der Waals surface area contributed by atoms with E-state index < -0.39 is 0 Å². The molecule has 0 atom stereocenters. The fraction of sp³-hybridized carbons (Fsp3) is 0.125. The fourth-order valence-electron chi connectivity index (χ4n) is 0.684. The van der Waals surface area contributed by atoms with Crippen LogP contribution in [0, 0.1) is 0 Å². The Bertz CT molecular complexity index is 258. The molecule has 1 rings (SSSR count). The number of allylic oxidation sites excluding steroid dienone is 1. The molecule has 0 saturated heterocycles. The summed E-state index contributed by atoms with van der Waals surface area (Å²) < 4.78 is 0. The van der Waals surface area contributed by atoms with Gasteiger partial charge in [0.25, 0.3) is 0 Å². The second kappa shape index (κ2) is 4.37. The first-order chi connectivity index (χ1) is 5.34. The molecule has 0 aliphatic rings. The van der Waals surface area contributed by atoms with Gasteiger partial charge in [0, 0.05) is 23.8 Å². The Morgan fingerprint density at radius 2 is 2.36 bits per heavy atom. The Labute approximate surface area is 75.7 Å². The second-order valence-electron chi connectivity index (χ2n) is 1.95. The molecule has 0 fully saturated rings. The Morgan fingerprint density at radius 1 is 1.55 bits per heavy atom. The maximum Gasteiger partial charge on any atom is 0.0509 e. The molecule has 3 heteroatoms. The van der Waals surface area contributed by atoms with E-state index in [0.29, 0.717) is 10.9 Å². The number of halogens is 2. The molecule has 0 amide bonds. The average molecular weight is 188 g/mol. The summed E-state index contributed by atoms with van der Waals surface area (Å²) in [4.78, 5) is 3.92. The minimum absolute atomic E-state index is 0.491. The summed E-state index contributed by atoms with van der Waals surface area (Å²) >= 11 is 11.3. The summed E-state index contributed by atoms with van der Waals surface area (Å²) in [5.74, 6) is 0.491. The van der Waals surface area contributed by atoms with Gasteiger partial charge in [0.1, 0.15) is 0 Å². The van der Waals surface area contributed by atoms with Crippen molar-refractivity contribution in [3.63, 3.8) is 0 Å². The van der Waals surface area contributed by atoms with Crippen LogP contribution in [0.2, 0.25) is 5.02 Å². The minimum Gasteiger partial charge on any atom is -0.264 e. The lowest BCUT2D eigenvalue weighted by Crippen LogP contribution is -1.76. The zero-order valence-corrected chi connectivity index (χ0v) is 7.31. The van der Waals surface area contributed by atoms with Gasteiger partial charge in [-0.05, 0) is 6.07 Å². The average Bonchev–Trinajstić information content (AvgIpc) is 2.03. The molecule has 0 aliphatic heterocycles. The van der Waals surface area contributed by atoms with Crippen LogP contribution in [0.25, 0.3) is 6.08 Å². The number of alkyl halides is 1. The molecule has 0 saturated carbocycles. The molecule has 11 heavy (non-hydrogen) atoms. The molecule has 1 aromatic heterocycles. The molecule has 0 aliphatic carbocycles. The first-order valence-electron chi connectivity index (χ1n) is 3.16. The lowest BCUT2D eigenvalue weighted by molar-refractivity contribution is 1.32. The Hall–Kier alpha value is -0.530. The largest absolute Gasteiger partial charge is 0.264 e. The molecule has 0 unspecified atom stereocenters. The quantitative estimate of drug-likeness (QED) is 0.650. The van der Waals surface area contributed by atoms with Crippen molar-refractivity contribution in [2.45, 2.75) is 0 Å². The standard InChI is InChI=1S/C8H7Cl2N/c9-4-1-2-7-6-11-5-3-8(7)10/h1-3,5-6H,4H2. The van der Waals surface area contributed by atoms with Crippen LogP contribution in [0.15, 0.2) is 24.5 Å². The third kappa shape index (κ3) is 2.52. The number of nitrogens with zero attached hydrogens (tertiary/aromatic N) is 1. The van der Waals surface area contributed by atoms with Crippen molar-refractivity contribution in [3.8, 4) is 0 Å². The zero-order valence-electron chi connectivity index (χ0n) is 5.80. The van der Waals surface area contributed by atoms with Gasteiger partial charge in [-0.25, -0.2) is 0 Å². The molecule has 0 aromatic carbocycles. The lowest BCUT2D eigenvalue weighted by atomic mass is 10.3. The highest BCUT2D eigenvalue weighted by Gasteiger charge is 1.92. The molecule has 0 bridgehead atoms. The fourth-order valence-corrected chi connectivity index (χ4v) is 0.941. The van der Waals surface area contributed by atoms with Crippen LogP contribution in [-0.4, -0.2) is 10.9 Å². The summed E-state index contributed by atoms with van der Waals surface area (Å²) in [6.45, 7) is 0. The maximum atomic E-state index is 5.83. The van der Waals surface area contributed by atoms with Gasteiger partial charge >= 0.3 is 0 Å². The van der Waals surface area contributed by atoms with E-state index in [2.05, 4.69) is 4.98 Å². The van der Waals surface area contributed by atoms with Gasteiger partial charge in [0.2, 0.25) is 0 Å². The van der Waals surface area contributed by atoms with E-state index in [9.17, 15) is 0 Å². The number of hydrogen-bond acceptors (Lipinski definition) is 1. The number of hydrogen-bond donors (Lipinski definition) is 0. The molecule has 58 valence electrons. The van der Waals surface area contributed by atoms with Gasteiger partial charge < -0.3 is 0 Å². The first kappa shape index (κ1) is 8.57. The van der Waals surface area contributed by atoms with Crippen LogP contribution < -0.4 is 0 Å². The van der Waals surface area contributed by atoms with Gasteiger partial charge in [0.15, 0.2) is 0 Å². The summed E-state index contributed by atoms with van der Waals surface area (Å²) in [6.07, 6.45) is 7.03. The van der Waals surface area contributed by atoms with E-state index >= 15 is 0 Å². The van der Waals surface area contributed by atoms with E-state index in [4.69, 9.17) is 23.2 Å². The smallest absolute Gasteiger partial charge is 0.0509 e. The van der Waals surface area contributed by atoms with Gasteiger partial charge in [-0.1, -0.05) is 23.8 Å². The van der Waals surface area contributed by atoms with E-state index in [1.807, 2.05) is 12.2 Å². The molecule has 1 nitrogen and oxygen atoms in total. The normalized spacial score (nSPS) is 10.7. The predicted molar refractivity (Wildman–Crippen MR) is 49.0 cm³/mol. The van der Waals surface area contributed by atoms with E-state index in [0.717, 1.165) is 5.56 Å². The van der Waals surface area contributed by atoms with Crippen LogP contribution in [0.1, 0.15) is 5.56 Å². The van der Waals surface area contributed by atoms with Gasteiger partial charge in [0.05, 0.1) is 5.02 Å². The SMILES string of the molecule is ClCC=Cc1cnccc1Cl. The van der Waals surface area contributed by atoms with Crippen molar-refractivity contribution >= 4 is 29.3 Å². The topological polar surface area (TPSA) is 12.9 Å². The molecule has 0 spiro atoms.